The van der Waals surface area contributed by atoms with Gasteiger partial charge in [0.05, 0.1) is 35.9 Å². The van der Waals surface area contributed by atoms with Crippen molar-refractivity contribution in [3.05, 3.63) is 48.5 Å². The van der Waals surface area contributed by atoms with E-state index < -0.39 is 0 Å². The van der Waals surface area contributed by atoms with Crippen molar-refractivity contribution in [3.63, 3.8) is 0 Å². The molecule has 4 rings (SSSR count). The second-order valence-corrected chi connectivity index (χ2v) is 7.66. The van der Waals surface area contributed by atoms with E-state index in [1.165, 1.54) is 16.7 Å². The summed E-state index contributed by atoms with van der Waals surface area (Å²) in [5.74, 6) is 1.19. The number of hydrogen-bond acceptors (Lipinski definition) is 6. The first-order valence-corrected chi connectivity index (χ1v) is 10.4. The monoisotopic (exact) mass is 423 g/mol. The number of fused-ring (bicyclic) bond motifs is 1. The molecule has 1 aliphatic rings. The number of carbonyl (C=O) groups excluding carboxylic acids is 2. The summed E-state index contributed by atoms with van der Waals surface area (Å²) in [6.07, 6.45) is 0. The highest BCUT2D eigenvalue weighted by Gasteiger charge is 2.26. The van der Waals surface area contributed by atoms with Gasteiger partial charge >= 0.3 is 6.03 Å². The van der Waals surface area contributed by atoms with Crippen molar-refractivity contribution in [2.75, 3.05) is 33.1 Å². The Balaban J connectivity index is 1.75. The molecule has 0 atom stereocenters. The van der Waals surface area contributed by atoms with Crippen LogP contribution in [0.1, 0.15) is 0 Å². The zero-order valence-electron chi connectivity index (χ0n) is 16.7. The summed E-state index contributed by atoms with van der Waals surface area (Å²) >= 11 is 1.30. The predicted octanol–water partition coefficient (Wildman–Crippen LogP) is 3.56. The molecule has 1 aromatic heterocycles. The lowest BCUT2D eigenvalue weighted by Gasteiger charge is -2.15. The molecule has 1 aliphatic heterocycles. The molecule has 7 nitrogen and oxygen atoms in total. The number of pyridine rings is 1. The fourth-order valence-electron chi connectivity index (χ4n) is 3.40. The Kier molecular flexibility index (Phi) is 5.76. The van der Waals surface area contributed by atoms with Crippen LogP contribution in [-0.4, -0.2) is 54.9 Å². The lowest BCUT2D eigenvalue weighted by Crippen LogP contribution is -2.35. The van der Waals surface area contributed by atoms with Crippen LogP contribution in [0, 0.1) is 0 Å². The minimum atomic E-state index is -0.341. The maximum absolute atomic E-state index is 12.4. The number of nitrogens with one attached hydrogen (secondary N) is 1. The number of ether oxygens (including phenoxy) is 2. The number of carbonyl (C=O) groups is 2. The Hall–Kier alpha value is -3.26. The number of nitrogens with zero attached hydrogens (tertiary/aromatic N) is 2. The molecular weight excluding hydrogens is 402 g/mol. The molecule has 30 heavy (non-hydrogen) atoms. The molecular formula is C22H21N3O4S. The highest BCUT2D eigenvalue weighted by Crippen LogP contribution is 2.39. The van der Waals surface area contributed by atoms with Crippen LogP contribution >= 0.6 is 11.8 Å². The van der Waals surface area contributed by atoms with Crippen LogP contribution in [0.5, 0.6) is 11.5 Å². The topological polar surface area (TPSA) is 80.8 Å². The number of amides is 3. The molecule has 1 N–H and O–H groups in total. The zero-order chi connectivity index (χ0) is 21.1. The number of imide groups is 1. The third kappa shape index (κ3) is 3.91. The molecule has 0 spiro atoms. The van der Waals surface area contributed by atoms with Gasteiger partial charge in [0.25, 0.3) is 0 Å². The number of hydrogen-bond donors (Lipinski definition) is 1. The molecule has 0 saturated carbocycles. The number of aromatic nitrogens is 1. The fraction of sp³-hybridized carbons (Fsp3) is 0.227. The first-order valence-electron chi connectivity index (χ1n) is 9.44. The Bertz CT molecular complexity index is 1100. The summed E-state index contributed by atoms with van der Waals surface area (Å²) in [6, 6.07) is 15.2. The van der Waals surface area contributed by atoms with Gasteiger partial charge in [0.2, 0.25) is 5.91 Å². The summed E-state index contributed by atoms with van der Waals surface area (Å²) < 4.78 is 11.0. The lowest BCUT2D eigenvalue weighted by atomic mass is 10.0. The molecule has 0 aliphatic carbocycles. The van der Waals surface area contributed by atoms with Gasteiger partial charge in [0.15, 0.2) is 0 Å². The Labute approximate surface area is 178 Å². The summed E-state index contributed by atoms with van der Waals surface area (Å²) in [5.41, 5.74) is 2.68. The molecule has 3 aromatic rings. The van der Waals surface area contributed by atoms with Crippen LogP contribution in [0.25, 0.3) is 22.0 Å². The summed E-state index contributed by atoms with van der Waals surface area (Å²) in [7, 11) is 3.21. The Morgan fingerprint density at radius 3 is 2.63 bits per heavy atom. The van der Waals surface area contributed by atoms with E-state index >= 15 is 0 Å². The van der Waals surface area contributed by atoms with Crippen molar-refractivity contribution in [1.29, 1.82) is 0 Å². The van der Waals surface area contributed by atoms with Crippen molar-refractivity contribution < 1.29 is 19.1 Å². The van der Waals surface area contributed by atoms with E-state index in [-0.39, 0.29) is 17.7 Å². The number of urea groups is 1. The smallest absolute Gasteiger partial charge is 0.324 e. The maximum atomic E-state index is 12.4. The molecule has 2 heterocycles. The van der Waals surface area contributed by atoms with Gasteiger partial charge < -0.3 is 14.8 Å². The summed E-state index contributed by atoms with van der Waals surface area (Å²) in [4.78, 5) is 30.1. The van der Waals surface area contributed by atoms with Crippen LogP contribution in [0.15, 0.2) is 53.6 Å². The molecule has 0 radical (unpaired) electrons. The highest BCUT2D eigenvalue weighted by atomic mass is 32.2. The van der Waals surface area contributed by atoms with Crippen molar-refractivity contribution in [2.24, 2.45) is 0 Å². The van der Waals surface area contributed by atoms with Crippen LogP contribution in [0.4, 0.5) is 4.79 Å². The van der Waals surface area contributed by atoms with Gasteiger partial charge in [-0.1, -0.05) is 42.1 Å². The quantitative estimate of drug-likeness (QED) is 0.611. The van der Waals surface area contributed by atoms with Gasteiger partial charge in [0.1, 0.15) is 11.5 Å². The number of rotatable bonds is 6. The fourth-order valence-corrected chi connectivity index (χ4v) is 4.19. The molecule has 1 saturated heterocycles. The van der Waals surface area contributed by atoms with E-state index in [2.05, 4.69) is 5.32 Å². The molecule has 2 aromatic carbocycles. The van der Waals surface area contributed by atoms with Crippen molar-refractivity contribution in [1.82, 2.24) is 15.2 Å². The Morgan fingerprint density at radius 2 is 1.97 bits per heavy atom. The first kappa shape index (κ1) is 20.0. The van der Waals surface area contributed by atoms with E-state index in [0.717, 1.165) is 16.5 Å². The minimum absolute atomic E-state index is 0.126. The van der Waals surface area contributed by atoms with Crippen LogP contribution in [-0.2, 0) is 4.79 Å². The second kappa shape index (κ2) is 8.62. The van der Waals surface area contributed by atoms with E-state index in [1.807, 2.05) is 48.5 Å². The number of benzene rings is 2. The molecule has 0 unspecified atom stereocenters. The number of thioether (sulfide) groups is 1. The average Bonchev–Trinajstić information content (AvgIpc) is 3.22. The van der Waals surface area contributed by atoms with Crippen LogP contribution in [0.3, 0.4) is 0 Å². The van der Waals surface area contributed by atoms with Gasteiger partial charge in [-0.15, -0.1) is 0 Å². The lowest BCUT2D eigenvalue weighted by molar-refractivity contribution is -0.124. The largest absolute Gasteiger partial charge is 0.497 e. The Morgan fingerprint density at radius 1 is 1.17 bits per heavy atom. The van der Waals surface area contributed by atoms with Crippen LogP contribution < -0.4 is 14.8 Å². The van der Waals surface area contributed by atoms with E-state index in [4.69, 9.17) is 14.5 Å². The van der Waals surface area contributed by atoms with E-state index in [9.17, 15) is 9.59 Å². The van der Waals surface area contributed by atoms with Gasteiger partial charge in [-0.05, 0) is 17.2 Å². The first-order chi connectivity index (χ1) is 14.6. The van der Waals surface area contributed by atoms with Crippen molar-refractivity contribution >= 4 is 34.6 Å². The van der Waals surface area contributed by atoms with Crippen molar-refractivity contribution in [3.8, 4) is 22.6 Å². The third-order valence-electron chi connectivity index (χ3n) is 4.86. The molecule has 8 heteroatoms. The molecule has 1 fully saturated rings. The van der Waals surface area contributed by atoms with Crippen LogP contribution in [0.2, 0.25) is 0 Å². The highest BCUT2D eigenvalue weighted by molar-refractivity contribution is 7.99. The number of methoxy groups -OCH3 is 2. The zero-order valence-corrected chi connectivity index (χ0v) is 17.5. The third-order valence-corrected chi connectivity index (χ3v) is 5.76. The average molecular weight is 423 g/mol. The van der Waals surface area contributed by atoms with Gasteiger partial charge in [-0.25, -0.2) is 9.78 Å². The molecule has 3 amide bonds. The predicted molar refractivity (Wildman–Crippen MR) is 116 cm³/mol. The minimum Gasteiger partial charge on any atom is -0.497 e. The molecule has 154 valence electrons. The van der Waals surface area contributed by atoms with Crippen molar-refractivity contribution in [2.45, 2.75) is 5.03 Å². The van der Waals surface area contributed by atoms with Gasteiger partial charge in [0, 0.05) is 25.2 Å². The summed E-state index contributed by atoms with van der Waals surface area (Å²) in [5, 5.41) is 4.20. The van der Waals surface area contributed by atoms with Gasteiger partial charge in [-0.2, -0.15) is 0 Å². The molecule has 0 bridgehead atoms. The van der Waals surface area contributed by atoms with E-state index in [1.54, 1.807) is 14.2 Å². The maximum Gasteiger partial charge on any atom is 0.324 e. The van der Waals surface area contributed by atoms with E-state index in [0.29, 0.717) is 35.1 Å². The van der Waals surface area contributed by atoms with Gasteiger partial charge in [-0.3, -0.25) is 9.69 Å². The standard InChI is InChI=1S/C22H21N3O4S/c1-28-15-10-17-21(18(11-15)29-2)16(14-6-4-3-5-7-14)12-19(24-17)30-13-20(26)25-9-8-23-22(25)27/h3-7,10-12H,8-9,13H2,1-2H3,(H,23,27). The second-order valence-electron chi connectivity index (χ2n) is 6.66. The SMILES string of the molecule is COc1cc(OC)c2c(-c3ccccc3)cc(SCC(=O)N3CCNC3=O)nc2c1. The summed E-state index contributed by atoms with van der Waals surface area (Å²) in [6.45, 7) is 0.883. The normalized spacial score (nSPS) is 13.4.